The molecule has 0 saturated carbocycles. The van der Waals surface area contributed by atoms with Gasteiger partial charge in [0.2, 0.25) is 5.92 Å². The van der Waals surface area contributed by atoms with E-state index < -0.39 is 35.6 Å². The van der Waals surface area contributed by atoms with Gasteiger partial charge in [-0.3, -0.25) is 9.59 Å². The van der Waals surface area contributed by atoms with E-state index in [9.17, 15) is 22.8 Å². The fourth-order valence-electron chi connectivity index (χ4n) is 1.21. The maximum absolute atomic E-state index is 12.5. The largest absolute Gasteiger partial charge is 0.468 e. The molecule has 1 heterocycles. The quantitative estimate of drug-likeness (QED) is 0.604. The summed E-state index contributed by atoms with van der Waals surface area (Å²) in [7, 11) is 1.96. The van der Waals surface area contributed by atoms with E-state index in [4.69, 9.17) is 0 Å². The van der Waals surface area contributed by atoms with Crippen LogP contribution >= 0.6 is 0 Å². The lowest BCUT2D eigenvalue weighted by molar-refractivity contribution is -0.155. The summed E-state index contributed by atoms with van der Waals surface area (Å²) in [5.74, 6) is -4.59. The number of methoxy groups -OCH3 is 2. The average Bonchev–Trinajstić information content (AvgIpc) is 2.37. The number of hydrogen-bond donors (Lipinski definition) is 0. The van der Waals surface area contributed by atoms with Crippen molar-refractivity contribution in [3.8, 4) is 0 Å². The molecular weight excluding hydrogens is 269 g/mol. The Labute approximate surface area is 105 Å². The lowest BCUT2D eigenvalue weighted by Gasteiger charge is -2.12. The molecule has 9 heteroatoms. The van der Waals surface area contributed by atoms with Crippen molar-refractivity contribution >= 4 is 11.9 Å². The van der Waals surface area contributed by atoms with Crippen LogP contribution in [0.1, 0.15) is 17.4 Å². The number of alkyl halides is 3. The van der Waals surface area contributed by atoms with Crippen molar-refractivity contribution in [1.82, 2.24) is 9.97 Å². The molecule has 0 aliphatic rings. The summed E-state index contributed by atoms with van der Waals surface area (Å²) >= 11 is 0. The molecule has 0 saturated heterocycles. The van der Waals surface area contributed by atoms with Crippen molar-refractivity contribution in [3.63, 3.8) is 0 Å². The monoisotopic (exact) mass is 278 g/mol. The van der Waals surface area contributed by atoms with E-state index in [1.54, 1.807) is 0 Å². The third kappa shape index (κ3) is 3.39. The minimum absolute atomic E-state index is 0.620. The molecule has 0 atom stereocenters. The molecule has 0 spiro atoms. The molecule has 0 N–H and O–H groups in total. The van der Waals surface area contributed by atoms with E-state index in [-0.39, 0.29) is 0 Å². The van der Waals surface area contributed by atoms with Crippen molar-refractivity contribution in [2.75, 3.05) is 14.2 Å². The molecule has 1 rings (SSSR count). The van der Waals surface area contributed by atoms with Crippen LogP contribution in [0.4, 0.5) is 13.2 Å². The second-order valence-electron chi connectivity index (χ2n) is 3.28. The zero-order chi connectivity index (χ0) is 14.6. The number of ether oxygens (including phenoxy) is 2. The Bertz CT molecular complexity index is 474. The summed E-state index contributed by atoms with van der Waals surface area (Å²) in [4.78, 5) is 29.4. The van der Waals surface area contributed by atoms with Crippen molar-refractivity contribution in [2.24, 2.45) is 0 Å². The van der Waals surface area contributed by atoms with E-state index in [0.29, 0.717) is 6.07 Å². The van der Waals surface area contributed by atoms with Gasteiger partial charge in [0, 0.05) is 6.20 Å². The molecule has 0 fully saturated rings. The van der Waals surface area contributed by atoms with Crippen LogP contribution in [0.5, 0.6) is 0 Å². The number of carbonyl (C=O) groups is 2. The Morgan fingerprint density at radius 1 is 1.21 bits per heavy atom. The van der Waals surface area contributed by atoms with E-state index in [1.165, 1.54) is 0 Å². The minimum Gasteiger partial charge on any atom is -0.468 e. The van der Waals surface area contributed by atoms with Gasteiger partial charge in [0.05, 0.1) is 14.2 Å². The molecule has 0 bridgehead atoms. The molecule has 6 nitrogen and oxygen atoms in total. The van der Waals surface area contributed by atoms with Gasteiger partial charge in [0.15, 0.2) is 5.82 Å². The number of halogens is 3. The lowest BCUT2D eigenvalue weighted by atomic mass is 10.1. The summed E-state index contributed by atoms with van der Waals surface area (Å²) in [6.45, 7) is 0. The van der Waals surface area contributed by atoms with Crippen LogP contribution in [0.15, 0.2) is 12.3 Å². The summed E-state index contributed by atoms with van der Waals surface area (Å²) in [6.07, 6.45) is -3.92. The summed E-state index contributed by atoms with van der Waals surface area (Å²) in [5.41, 5.74) is -1.27. The molecule has 1 aromatic heterocycles. The second kappa shape index (κ2) is 5.63. The highest BCUT2D eigenvalue weighted by Gasteiger charge is 2.37. The molecule has 19 heavy (non-hydrogen) atoms. The first-order valence-electron chi connectivity index (χ1n) is 4.87. The fraction of sp³-hybridized carbons (Fsp3) is 0.400. The van der Waals surface area contributed by atoms with Crippen LogP contribution in [0.25, 0.3) is 0 Å². The van der Waals surface area contributed by atoms with Crippen LogP contribution in [-0.2, 0) is 25.2 Å². The Balaban J connectivity index is 3.24. The summed E-state index contributed by atoms with van der Waals surface area (Å²) in [5, 5.41) is 0. The normalized spacial score (nSPS) is 11.3. The lowest BCUT2D eigenvalue weighted by Crippen LogP contribution is -2.27. The Morgan fingerprint density at radius 3 is 2.16 bits per heavy atom. The van der Waals surface area contributed by atoms with Gasteiger partial charge in [-0.15, -0.1) is 0 Å². The van der Waals surface area contributed by atoms with E-state index in [2.05, 4.69) is 19.4 Å². The van der Waals surface area contributed by atoms with Gasteiger partial charge in [-0.1, -0.05) is 0 Å². The number of hydrogen-bond acceptors (Lipinski definition) is 6. The van der Waals surface area contributed by atoms with Gasteiger partial charge in [0.1, 0.15) is 5.69 Å². The third-order valence-electron chi connectivity index (χ3n) is 2.10. The highest BCUT2D eigenvalue weighted by atomic mass is 19.4. The Hall–Kier alpha value is -2.19. The van der Waals surface area contributed by atoms with Gasteiger partial charge in [-0.25, -0.2) is 9.97 Å². The topological polar surface area (TPSA) is 78.4 Å². The van der Waals surface area contributed by atoms with Crippen molar-refractivity contribution in [1.29, 1.82) is 0 Å². The fourth-order valence-corrected chi connectivity index (χ4v) is 1.21. The van der Waals surface area contributed by atoms with Crippen molar-refractivity contribution in [3.05, 3.63) is 23.8 Å². The molecule has 0 unspecified atom stereocenters. The van der Waals surface area contributed by atoms with Gasteiger partial charge in [0.25, 0.3) is 0 Å². The Kier molecular flexibility index (Phi) is 4.41. The molecule has 0 aliphatic heterocycles. The Morgan fingerprint density at radius 2 is 1.74 bits per heavy atom. The molecule has 0 radical (unpaired) electrons. The first-order valence-corrected chi connectivity index (χ1v) is 4.87. The minimum atomic E-state index is -4.71. The predicted molar refractivity (Wildman–Crippen MR) is 53.8 cm³/mol. The first kappa shape index (κ1) is 14.9. The molecule has 1 aromatic rings. The predicted octanol–water partition coefficient (Wildman–Crippen LogP) is 0.925. The summed E-state index contributed by atoms with van der Waals surface area (Å²) in [6, 6.07) is 0.620. The second-order valence-corrected chi connectivity index (χ2v) is 3.28. The number of carbonyl (C=O) groups excluding carboxylic acids is 2. The molecular formula is C10H9F3N2O4. The van der Waals surface area contributed by atoms with Crippen molar-refractivity contribution in [2.45, 2.75) is 12.1 Å². The van der Waals surface area contributed by atoms with Crippen LogP contribution in [0.3, 0.4) is 0 Å². The summed E-state index contributed by atoms with van der Waals surface area (Å²) < 4.78 is 46.1. The highest BCUT2D eigenvalue weighted by Crippen LogP contribution is 2.28. The van der Waals surface area contributed by atoms with Crippen LogP contribution in [0.2, 0.25) is 0 Å². The maximum Gasteiger partial charge on any atom is 0.433 e. The average molecular weight is 278 g/mol. The van der Waals surface area contributed by atoms with E-state index in [1.807, 2.05) is 0 Å². The van der Waals surface area contributed by atoms with Crippen LogP contribution < -0.4 is 0 Å². The zero-order valence-electron chi connectivity index (χ0n) is 9.89. The van der Waals surface area contributed by atoms with Crippen molar-refractivity contribution < 1.29 is 32.2 Å². The number of aromatic nitrogens is 2. The number of nitrogens with zero attached hydrogens (tertiary/aromatic N) is 2. The first-order chi connectivity index (χ1) is 8.81. The zero-order valence-corrected chi connectivity index (χ0v) is 9.89. The number of esters is 2. The molecule has 0 aromatic carbocycles. The van der Waals surface area contributed by atoms with Crippen LogP contribution in [0, 0.1) is 0 Å². The number of rotatable bonds is 3. The molecule has 0 amide bonds. The van der Waals surface area contributed by atoms with Gasteiger partial charge in [-0.05, 0) is 6.07 Å². The molecule has 104 valence electrons. The molecule has 0 aliphatic carbocycles. The highest BCUT2D eigenvalue weighted by molar-refractivity contribution is 5.99. The smallest absolute Gasteiger partial charge is 0.433 e. The van der Waals surface area contributed by atoms with Gasteiger partial charge in [-0.2, -0.15) is 13.2 Å². The van der Waals surface area contributed by atoms with Gasteiger partial charge >= 0.3 is 18.1 Å². The maximum atomic E-state index is 12.5. The van der Waals surface area contributed by atoms with Gasteiger partial charge < -0.3 is 9.47 Å². The standard InChI is InChI=1S/C10H9F3N2O4/c1-18-8(16)6(9(17)19-2)7-14-4-3-5(15-7)10(11,12)13/h3-4,6H,1-2H3. The SMILES string of the molecule is COC(=O)C(C(=O)OC)c1nccc(C(F)(F)F)n1. The van der Waals surface area contributed by atoms with Crippen LogP contribution in [-0.4, -0.2) is 36.1 Å². The van der Waals surface area contributed by atoms with E-state index >= 15 is 0 Å². The third-order valence-corrected chi connectivity index (χ3v) is 2.10. The van der Waals surface area contributed by atoms with E-state index in [0.717, 1.165) is 20.4 Å².